The van der Waals surface area contributed by atoms with E-state index in [-0.39, 0.29) is 24.8 Å². The maximum atomic E-state index is 13.3. The van der Waals surface area contributed by atoms with Crippen LogP contribution in [-0.4, -0.2) is 65.9 Å². The number of halogens is 2. The molecular weight excluding hydrogens is 490 g/mol. The number of amides is 2. The lowest BCUT2D eigenvalue weighted by atomic mass is 10.1. The Hall–Kier alpha value is -1.19. The highest BCUT2D eigenvalue weighted by molar-refractivity contribution is 7.59. The van der Waals surface area contributed by atoms with Gasteiger partial charge in [-0.2, -0.15) is 0 Å². The first-order chi connectivity index (χ1) is 15.6. The first-order valence-electron chi connectivity index (χ1n) is 10.8. The highest BCUT2D eigenvalue weighted by Crippen LogP contribution is 2.53. The zero-order chi connectivity index (χ0) is 24.5. The van der Waals surface area contributed by atoms with Gasteiger partial charge < -0.3 is 20.3 Å². The van der Waals surface area contributed by atoms with Crippen molar-refractivity contribution in [1.29, 1.82) is 0 Å². The summed E-state index contributed by atoms with van der Waals surface area (Å²) in [7, 11) is -3.43. The van der Waals surface area contributed by atoms with Gasteiger partial charge in [0.1, 0.15) is 17.8 Å². The molecule has 0 aliphatic carbocycles. The van der Waals surface area contributed by atoms with Crippen molar-refractivity contribution in [3.63, 3.8) is 0 Å². The van der Waals surface area contributed by atoms with Crippen LogP contribution in [0.2, 0.25) is 0 Å². The van der Waals surface area contributed by atoms with E-state index in [2.05, 4.69) is 15.7 Å². The minimum Gasteiger partial charge on any atom is -0.626 e. The molecular formula is C21H33Cl2N4O5P. The molecule has 0 saturated carbocycles. The molecule has 2 amide bonds. The molecule has 33 heavy (non-hydrogen) atoms. The lowest BCUT2D eigenvalue weighted by Crippen LogP contribution is -2.59. The van der Waals surface area contributed by atoms with Gasteiger partial charge in [0, 0.05) is 24.6 Å². The standard InChI is InChI=1S/C21H33Cl2N4O5P/c1-21(2,3)32-20(29)24-17(15-16-7-5-4-6-8-16)19(28)25-18-9-14-31-33(30,26-18)27(12-10-22)13-11-23/h4-8,17-18H,9-15H2,1-3H3,(H,24,29)(H,25,28)(H,26,30)/t17-,18+,33?/m0/s1. The number of hydrogen-bond acceptors (Lipinski definition) is 7. The van der Waals surface area contributed by atoms with Crippen molar-refractivity contribution < 1.29 is 23.7 Å². The Morgan fingerprint density at radius 1 is 1.27 bits per heavy atom. The first-order valence-corrected chi connectivity index (χ1v) is 13.4. The number of hydrogen-bond donors (Lipinski definition) is 3. The quantitative estimate of drug-likeness (QED) is 0.319. The van der Waals surface area contributed by atoms with Gasteiger partial charge in [-0.1, -0.05) is 30.3 Å². The number of rotatable bonds is 10. The zero-order valence-electron chi connectivity index (χ0n) is 19.2. The van der Waals surface area contributed by atoms with Crippen LogP contribution in [0.25, 0.3) is 0 Å². The Balaban J connectivity index is 2.10. The topological polar surface area (TPSA) is 115 Å². The van der Waals surface area contributed by atoms with E-state index < -0.39 is 37.8 Å². The Bertz CT molecular complexity index is 765. The average Bonchev–Trinajstić information content (AvgIpc) is 2.72. The lowest BCUT2D eigenvalue weighted by molar-refractivity contribution is -0.215. The van der Waals surface area contributed by atoms with E-state index in [9.17, 15) is 14.5 Å². The number of alkyl halides is 2. The molecule has 1 fully saturated rings. The second-order valence-corrected chi connectivity index (χ2v) is 11.4. The van der Waals surface area contributed by atoms with Crippen LogP contribution in [0.4, 0.5) is 4.79 Å². The number of alkyl carbamates (subject to hydrolysis) is 1. The van der Waals surface area contributed by atoms with Crippen LogP contribution in [0.3, 0.4) is 0 Å². The zero-order valence-corrected chi connectivity index (χ0v) is 21.6. The van der Waals surface area contributed by atoms with Crippen molar-refractivity contribution in [2.45, 2.75) is 51.4 Å². The first kappa shape index (κ1) is 28.1. The smallest absolute Gasteiger partial charge is 0.408 e. The van der Waals surface area contributed by atoms with Gasteiger partial charge in [0.25, 0.3) is 8.02 Å². The van der Waals surface area contributed by atoms with Crippen LogP contribution in [0, 0.1) is 0 Å². The van der Waals surface area contributed by atoms with Crippen LogP contribution in [0.5, 0.6) is 0 Å². The molecule has 2 rings (SSSR count). The van der Waals surface area contributed by atoms with Crippen LogP contribution in [-0.2, 0) is 20.5 Å². The van der Waals surface area contributed by atoms with Gasteiger partial charge in [0.05, 0.1) is 19.7 Å². The largest absolute Gasteiger partial charge is 0.626 e. The number of carbonyl (C=O) groups excluding carboxylic acids is 2. The molecule has 1 unspecified atom stereocenters. The van der Waals surface area contributed by atoms with Crippen molar-refractivity contribution in [3.8, 4) is 0 Å². The minimum atomic E-state index is -3.43. The number of nitrogens with zero attached hydrogens (tertiary/aromatic N) is 1. The second-order valence-electron chi connectivity index (χ2n) is 8.55. The maximum absolute atomic E-state index is 13.3. The molecule has 1 saturated heterocycles. The van der Waals surface area contributed by atoms with Gasteiger partial charge in [0.2, 0.25) is 5.91 Å². The molecule has 1 heterocycles. The third-order valence-electron chi connectivity index (χ3n) is 4.66. The van der Waals surface area contributed by atoms with E-state index in [1.54, 1.807) is 25.4 Å². The van der Waals surface area contributed by atoms with E-state index >= 15 is 0 Å². The van der Waals surface area contributed by atoms with Gasteiger partial charge in [-0.3, -0.25) is 4.79 Å². The summed E-state index contributed by atoms with van der Waals surface area (Å²) < 4.78 is 12.4. The number of carbonyl (C=O) groups is 2. The normalized spacial score (nSPS) is 22.0. The summed E-state index contributed by atoms with van der Waals surface area (Å²) >= 11 is 11.7. The fourth-order valence-corrected chi connectivity index (χ4v) is 5.92. The van der Waals surface area contributed by atoms with Crippen LogP contribution < -0.4 is 20.6 Å². The molecule has 1 aromatic carbocycles. The van der Waals surface area contributed by atoms with Crippen molar-refractivity contribution in [3.05, 3.63) is 35.9 Å². The van der Waals surface area contributed by atoms with E-state index in [0.717, 1.165) is 5.56 Å². The molecule has 3 N–H and O–H groups in total. The Morgan fingerprint density at radius 3 is 2.48 bits per heavy atom. The molecule has 186 valence electrons. The highest BCUT2D eigenvalue weighted by Gasteiger charge is 2.43. The average molecular weight is 523 g/mol. The molecule has 1 aromatic rings. The fourth-order valence-electron chi connectivity index (χ4n) is 3.21. The molecule has 0 bridgehead atoms. The third-order valence-corrected chi connectivity index (χ3v) is 7.31. The van der Waals surface area contributed by atoms with Gasteiger partial charge in [0.15, 0.2) is 0 Å². The molecule has 9 nitrogen and oxygen atoms in total. The minimum absolute atomic E-state index is 0.180. The van der Waals surface area contributed by atoms with Crippen LogP contribution in [0.15, 0.2) is 30.3 Å². The molecule has 12 heteroatoms. The molecule has 3 atom stereocenters. The summed E-state index contributed by atoms with van der Waals surface area (Å²) in [6.45, 7) is 6.05. The van der Waals surface area contributed by atoms with Gasteiger partial charge in [-0.05, 0) is 26.3 Å². The summed E-state index contributed by atoms with van der Waals surface area (Å²) in [5.74, 6) is 0.0703. The second kappa shape index (κ2) is 13.0. The molecule has 0 radical (unpaired) electrons. The van der Waals surface area contributed by atoms with E-state index in [1.807, 2.05) is 30.3 Å². The Morgan fingerprint density at radius 2 is 1.91 bits per heavy atom. The van der Waals surface area contributed by atoms with Crippen molar-refractivity contribution in [2.24, 2.45) is 0 Å². The van der Waals surface area contributed by atoms with Crippen LogP contribution in [0.1, 0.15) is 32.8 Å². The summed E-state index contributed by atoms with van der Waals surface area (Å²) in [6, 6.07) is 8.43. The summed E-state index contributed by atoms with van der Waals surface area (Å²) in [5, 5.41) is 8.39. The monoisotopic (exact) mass is 522 g/mol. The van der Waals surface area contributed by atoms with E-state index in [1.165, 1.54) is 0 Å². The van der Waals surface area contributed by atoms with Gasteiger partial charge >= 0.3 is 6.09 Å². The predicted molar refractivity (Wildman–Crippen MR) is 129 cm³/mol. The van der Waals surface area contributed by atoms with Crippen molar-refractivity contribution in [1.82, 2.24) is 20.4 Å². The molecule has 0 spiro atoms. The van der Waals surface area contributed by atoms with Gasteiger partial charge in [-0.15, -0.1) is 33.0 Å². The summed E-state index contributed by atoms with van der Waals surface area (Å²) in [5.41, 5.74) is 0.163. The van der Waals surface area contributed by atoms with Crippen LogP contribution >= 0.6 is 31.2 Å². The maximum Gasteiger partial charge on any atom is 0.408 e. The summed E-state index contributed by atoms with van der Waals surface area (Å²) in [4.78, 5) is 38.8. The predicted octanol–water partition coefficient (Wildman–Crippen LogP) is 2.39. The van der Waals surface area contributed by atoms with Gasteiger partial charge in [-0.25, -0.2) is 9.32 Å². The Kier molecular flexibility index (Phi) is 11.1. The van der Waals surface area contributed by atoms with Crippen molar-refractivity contribution >= 4 is 43.2 Å². The summed E-state index contributed by atoms with van der Waals surface area (Å²) in [6.07, 6.45) is -0.656. The van der Waals surface area contributed by atoms with E-state index in [4.69, 9.17) is 32.5 Å². The molecule has 0 aromatic heterocycles. The highest BCUT2D eigenvalue weighted by atomic mass is 35.5. The third kappa shape index (κ3) is 9.53. The molecule has 1 aliphatic heterocycles. The number of nitrogens with one attached hydrogen (secondary N) is 3. The fraction of sp³-hybridized carbons (Fsp3) is 0.619. The van der Waals surface area contributed by atoms with Crippen molar-refractivity contribution in [2.75, 3.05) is 31.5 Å². The SMILES string of the molecule is CC(C)(C)OC(=O)N[C@@H](Cc1ccccc1)C(=O)N[C@H]1CCO[P+]([O-])(N(CCCl)CCCl)N1. The van der Waals surface area contributed by atoms with E-state index in [0.29, 0.717) is 19.5 Å². The lowest BCUT2D eigenvalue weighted by Gasteiger charge is -2.42. The number of ether oxygens (including phenoxy) is 1. The number of benzene rings is 1. The molecule has 1 aliphatic rings. The Labute approximate surface area is 206 Å².